The Morgan fingerprint density at radius 1 is 0.438 bits per heavy atom. The lowest BCUT2D eigenvalue weighted by molar-refractivity contribution is -0.163. The highest BCUT2D eigenvalue weighted by atomic mass is 16.6. The lowest BCUT2D eigenvalue weighted by Gasteiger charge is -2.28. The van der Waals surface area contributed by atoms with E-state index < -0.39 is 69.6 Å². The van der Waals surface area contributed by atoms with Gasteiger partial charge in [-0.25, -0.2) is 14.4 Å². The molecule has 6 rings (SSSR count). The molecule has 18 nitrogen and oxygen atoms in total. The van der Waals surface area contributed by atoms with Crippen LogP contribution in [0.4, 0.5) is 20.1 Å². The molecule has 3 aliphatic rings. The number of nitrogens with zero attached hydrogens (tertiary/aromatic N) is 4. The van der Waals surface area contributed by atoms with Gasteiger partial charge in [0.2, 0.25) is 5.91 Å². The molecule has 4 amide bonds. The van der Waals surface area contributed by atoms with Crippen molar-refractivity contribution in [2.45, 2.75) is 210 Å². The van der Waals surface area contributed by atoms with Gasteiger partial charge in [0.1, 0.15) is 33.6 Å². The molecule has 3 aromatic rings. The summed E-state index contributed by atoms with van der Waals surface area (Å²) in [5.74, 6) is -3.27. The molecule has 1 N–H and O–H groups in total. The molecule has 0 bridgehead atoms. The summed E-state index contributed by atoms with van der Waals surface area (Å²) in [6.45, 7) is 36.5. The number of carbonyl (C=O) groups excluding carboxylic acids is 7. The van der Waals surface area contributed by atoms with Gasteiger partial charge in [0.25, 0.3) is 0 Å². The first-order valence-electron chi connectivity index (χ1n) is 32.0. The van der Waals surface area contributed by atoms with E-state index in [0.717, 1.165) is 33.5 Å². The smallest absolute Gasteiger partial charge is 0.410 e. The lowest BCUT2D eigenvalue weighted by Crippen LogP contribution is -2.38. The number of benzene rings is 3. The predicted octanol–water partition coefficient (Wildman–Crippen LogP) is 12.6. The number of hydrogen-bond donors (Lipinski definition) is 1. The fourth-order valence-electron chi connectivity index (χ4n) is 11.7. The van der Waals surface area contributed by atoms with Gasteiger partial charge in [0, 0.05) is 64.6 Å². The molecule has 3 heterocycles. The third-order valence-electron chi connectivity index (χ3n) is 15.5. The minimum atomic E-state index is -0.734. The van der Waals surface area contributed by atoms with Crippen molar-refractivity contribution >= 4 is 47.8 Å². The molecular formula is C71H105N5O13. The molecular weight excluding hydrogens is 1130 g/mol. The van der Waals surface area contributed by atoms with E-state index >= 15 is 0 Å². The molecule has 0 aromatic heterocycles. The van der Waals surface area contributed by atoms with Crippen molar-refractivity contribution < 1.29 is 62.0 Å². The number of rotatable bonds is 20. The zero-order chi connectivity index (χ0) is 66.0. The Morgan fingerprint density at radius 2 is 0.753 bits per heavy atom. The van der Waals surface area contributed by atoms with Crippen molar-refractivity contribution in [2.24, 2.45) is 35.5 Å². The molecule has 18 heteroatoms. The van der Waals surface area contributed by atoms with E-state index in [0.29, 0.717) is 90.9 Å². The van der Waals surface area contributed by atoms with Crippen molar-refractivity contribution in [3.05, 3.63) is 101 Å². The van der Waals surface area contributed by atoms with Gasteiger partial charge in [-0.15, -0.1) is 0 Å². The van der Waals surface area contributed by atoms with Crippen LogP contribution in [0.1, 0.15) is 172 Å². The molecule has 3 saturated heterocycles. The second-order valence-electron chi connectivity index (χ2n) is 30.7. The molecule has 0 spiro atoms. The molecule has 492 valence electrons. The first-order valence-corrected chi connectivity index (χ1v) is 32.0. The maximum absolute atomic E-state index is 15.0. The number of likely N-dealkylation sites (tertiary alicyclic amines) is 3. The van der Waals surface area contributed by atoms with Crippen LogP contribution in [0, 0.1) is 35.5 Å². The van der Waals surface area contributed by atoms with E-state index in [1.54, 1.807) is 14.7 Å². The van der Waals surface area contributed by atoms with Crippen LogP contribution in [0.3, 0.4) is 0 Å². The first kappa shape index (κ1) is 71.2. The normalized spacial score (nSPS) is 18.6. The highest BCUT2D eigenvalue weighted by molar-refractivity contribution is 5.79. The monoisotopic (exact) mass is 1240 g/mol. The molecule has 0 saturated carbocycles. The van der Waals surface area contributed by atoms with E-state index in [1.807, 2.05) is 202 Å². The fourth-order valence-corrected chi connectivity index (χ4v) is 11.7. The average molecular weight is 1240 g/mol. The van der Waals surface area contributed by atoms with E-state index in [4.69, 9.17) is 28.4 Å². The Kier molecular flexibility index (Phi) is 23.5. The predicted molar refractivity (Wildman–Crippen MR) is 344 cm³/mol. The minimum Gasteiger partial charge on any atom is -0.460 e. The van der Waals surface area contributed by atoms with Gasteiger partial charge in [0.15, 0.2) is 0 Å². The van der Waals surface area contributed by atoms with Crippen LogP contribution in [0.2, 0.25) is 0 Å². The minimum absolute atomic E-state index is 0.0606. The van der Waals surface area contributed by atoms with E-state index in [-0.39, 0.29) is 54.5 Å². The zero-order valence-corrected chi connectivity index (χ0v) is 56.8. The number of carbonyl (C=O) groups is 7. The second kappa shape index (κ2) is 29.4. The van der Waals surface area contributed by atoms with Gasteiger partial charge in [0.05, 0.1) is 24.2 Å². The first-order chi connectivity index (χ1) is 41.1. The van der Waals surface area contributed by atoms with Crippen LogP contribution in [0.5, 0.6) is 0 Å². The van der Waals surface area contributed by atoms with Gasteiger partial charge < -0.3 is 53.3 Å². The van der Waals surface area contributed by atoms with Crippen molar-refractivity contribution in [1.82, 2.24) is 19.6 Å². The molecule has 3 aliphatic heterocycles. The lowest BCUT2D eigenvalue weighted by atomic mass is 9.85. The average Bonchev–Trinajstić information content (AvgIpc) is 3.02. The molecule has 3 fully saturated rings. The fraction of sp³-hybridized carbons (Fsp3) is 0.648. The maximum atomic E-state index is 15.0. The Labute approximate surface area is 530 Å². The third kappa shape index (κ3) is 23.8. The standard InChI is InChI=1S/C71H105N5O13/c1-66(2,3)84-60(78)56(52-28-32-74(44-52)63(81)87-69(10,11)12)39-47-22-19-24-49(36-47)42-59(77)73(43-51-26-20-23-48(37-51)40-57(61(79)85-67(4,5)6)53-29-33-75(45-53)64(82)88-70(13,14)15)35-31-72-55-27-21-25-50(38-55)41-58(62(80)86-68(7,8)9)54-30-34-76(46-54)65(83)89-71(16,17)18/h19-27,36-38,52-54,56-58,72H,28-35,39-46H2,1-18H3/t52-,53-,54-,56-,57-,58-/m0/s1. The number of anilines is 1. The maximum Gasteiger partial charge on any atom is 0.410 e. The quantitative estimate of drug-likeness (QED) is 0.0827. The van der Waals surface area contributed by atoms with Crippen LogP contribution in [-0.4, -0.2) is 148 Å². The van der Waals surface area contributed by atoms with E-state index in [1.165, 1.54) is 0 Å². The Morgan fingerprint density at radius 3 is 1.11 bits per heavy atom. The molecule has 3 aromatic carbocycles. The van der Waals surface area contributed by atoms with Crippen molar-refractivity contribution in [2.75, 3.05) is 57.7 Å². The largest absolute Gasteiger partial charge is 0.460 e. The number of nitrogens with one attached hydrogen (secondary N) is 1. The SMILES string of the molecule is CC(C)(C)OC(=O)[C@@H](Cc1cccc(CC(=O)N(CCNc2cccc(C[C@H](C(=O)OC(C)(C)C)[C@H]3CCN(C(=O)OC(C)(C)C)C3)c2)Cc2cccc(C[C@H](C(=O)OC(C)(C)C)[C@H]3CCN(C(=O)OC(C)(C)C)C3)c2)c1)[C@H]1CCN(C(=O)OC(C)(C)C)C1. The highest BCUT2D eigenvalue weighted by Gasteiger charge is 2.43. The molecule has 89 heavy (non-hydrogen) atoms. The van der Waals surface area contributed by atoms with Crippen molar-refractivity contribution in [3.8, 4) is 0 Å². The van der Waals surface area contributed by atoms with E-state index in [9.17, 15) is 33.6 Å². The van der Waals surface area contributed by atoms with Gasteiger partial charge >= 0.3 is 36.2 Å². The number of esters is 3. The van der Waals surface area contributed by atoms with Crippen LogP contribution >= 0.6 is 0 Å². The Balaban J connectivity index is 1.25. The van der Waals surface area contributed by atoms with Crippen molar-refractivity contribution in [1.29, 1.82) is 0 Å². The summed E-state index contributed by atoms with van der Waals surface area (Å²) in [5.41, 5.74) is 0.923. The molecule has 0 aliphatic carbocycles. The zero-order valence-electron chi connectivity index (χ0n) is 56.8. The summed E-state index contributed by atoms with van der Waals surface area (Å²) in [6.07, 6.45) is 1.76. The van der Waals surface area contributed by atoms with Crippen LogP contribution in [-0.2, 0) is 79.8 Å². The van der Waals surface area contributed by atoms with Crippen LogP contribution in [0.15, 0.2) is 72.8 Å². The Hall–Kier alpha value is -6.85. The van der Waals surface area contributed by atoms with E-state index in [2.05, 4.69) is 5.32 Å². The van der Waals surface area contributed by atoms with Gasteiger partial charge in [-0.2, -0.15) is 0 Å². The second-order valence-corrected chi connectivity index (χ2v) is 30.7. The number of hydrogen-bond acceptors (Lipinski definition) is 14. The van der Waals surface area contributed by atoms with Gasteiger partial charge in [-0.05, 0) is 221 Å². The summed E-state index contributed by atoms with van der Waals surface area (Å²) in [7, 11) is 0. The summed E-state index contributed by atoms with van der Waals surface area (Å²) >= 11 is 0. The summed E-state index contributed by atoms with van der Waals surface area (Å²) in [6, 6.07) is 23.6. The molecule has 6 atom stereocenters. The topological polar surface area (TPSA) is 200 Å². The molecule has 0 unspecified atom stereocenters. The number of amides is 4. The van der Waals surface area contributed by atoms with Crippen LogP contribution < -0.4 is 5.32 Å². The van der Waals surface area contributed by atoms with Gasteiger partial charge in [-0.1, -0.05) is 60.7 Å². The highest BCUT2D eigenvalue weighted by Crippen LogP contribution is 2.35. The summed E-state index contributed by atoms with van der Waals surface area (Å²) in [4.78, 5) is 103. The summed E-state index contributed by atoms with van der Waals surface area (Å²) < 4.78 is 35.1. The van der Waals surface area contributed by atoms with Gasteiger partial charge in [-0.3, -0.25) is 19.2 Å². The van der Waals surface area contributed by atoms with Crippen LogP contribution in [0.25, 0.3) is 0 Å². The number of ether oxygens (including phenoxy) is 6. The summed E-state index contributed by atoms with van der Waals surface area (Å²) in [5, 5.41) is 3.56. The Bertz CT molecular complexity index is 2940. The van der Waals surface area contributed by atoms with Crippen molar-refractivity contribution in [3.63, 3.8) is 0 Å². The molecule has 0 radical (unpaired) electrons. The third-order valence-corrected chi connectivity index (χ3v) is 15.5.